The molecule has 0 saturated heterocycles. The number of nitrogens with two attached hydrogens (primary N) is 1. The lowest BCUT2D eigenvalue weighted by molar-refractivity contribution is -0.132. The molecule has 0 aliphatic carbocycles. The van der Waals surface area contributed by atoms with Gasteiger partial charge in [-0.2, -0.15) is 0 Å². The second-order valence-corrected chi connectivity index (χ2v) is 8.28. The molecule has 0 unspecified atom stereocenters. The van der Waals surface area contributed by atoms with Gasteiger partial charge in [-0.15, -0.1) is 11.3 Å². The van der Waals surface area contributed by atoms with Crippen LogP contribution in [0.15, 0.2) is 24.5 Å². The van der Waals surface area contributed by atoms with Crippen LogP contribution in [0.5, 0.6) is 0 Å². The molecule has 152 valence electrons. The van der Waals surface area contributed by atoms with Crippen LogP contribution in [0.4, 0.5) is 5.82 Å². The monoisotopic (exact) mass is 410 g/mol. The van der Waals surface area contributed by atoms with Crippen LogP contribution in [0.1, 0.15) is 36.6 Å². The molecule has 3 aromatic rings. The van der Waals surface area contributed by atoms with Crippen molar-refractivity contribution >= 4 is 33.3 Å². The number of aromatic nitrogens is 3. The number of carbonyl (C=O) groups is 1. The minimum Gasteiger partial charge on any atom is -0.368 e. The molecule has 0 fully saturated rings. The molecular weight excluding hydrogens is 384 g/mol. The number of pyridine rings is 1. The molecule has 0 radical (unpaired) electrons. The second kappa shape index (κ2) is 8.84. The summed E-state index contributed by atoms with van der Waals surface area (Å²) < 4.78 is 0. The van der Waals surface area contributed by atoms with Crippen LogP contribution in [0.25, 0.3) is 21.6 Å². The molecule has 0 spiro atoms. The SMILES string of the molecule is CCCCC(=O)N1CCc2c(sc3nc(-c4ccncc4)nc(NCCN)c23)C1. The fourth-order valence-electron chi connectivity index (χ4n) is 3.64. The van der Waals surface area contributed by atoms with Crippen molar-refractivity contribution in [3.63, 3.8) is 0 Å². The Morgan fingerprint density at radius 2 is 2.14 bits per heavy atom. The molecule has 0 saturated carbocycles. The van der Waals surface area contributed by atoms with Gasteiger partial charge < -0.3 is 16.0 Å². The summed E-state index contributed by atoms with van der Waals surface area (Å²) in [5, 5.41) is 4.46. The van der Waals surface area contributed by atoms with E-state index in [4.69, 9.17) is 15.7 Å². The molecule has 0 aromatic carbocycles. The van der Waals surface area contributed by atoms with Crippen LogP contribution in [0, 0.1) is 0 Å². The summed E-state index contributed by atoms with van der Waals surface area (Å²) in [6, 6.07) is 3.82. The standard InChI is InChI=1S/C21H26N6OS/c1-2-3-4-17(28)27-12-7-15-16(13-27)29-21-18(15)20(24-11-8-22)25-19(26-21)14-5-9-23-10-6-14/h5-6,9-10H,2-4,7-8,11-13,22H2,1H3,(H,24,25,26). The number of thiophene rings is 1. The Morgan fingerprint density at radius 1 is 1.31 bits per heavy atom. The third-order valence-electron chi connectivity index (χ3n) is 5.17. The Balaban J connectivity index is 1.72. The smallest absolute Gasteiger partial charge is 0.222 e. The Morgan fingerprint density at radius 3 is 2.90 bits per heavy atom. The molecule has 29 heavy (non-hydrogen) atoms. The molecule has 4 heterocycles. The van der Waals surface area contributed by atoms with E-state index in [-0.39, 0.29) is 5.91 Å². The van der Waals surface area contributed by atoms with Crippen LogP contribution in [0.2, 0.25) is 0 Å². The van der Waals surface area contributed by atoms with Crippen LogP contribution < -0.4 is 11.1 Å². The maximum absolute atomic E-state index is 12.5. The molecule has 3 aromatic heterocycles. The first kappa shape index (κ1) is 19.7. The zero-order valence-corrected chi connectivity index (χ0v) is 17.5. The van der Waals surface area contributed by atoms with Gasteiger partial charge in [0.05, 0.1) is 11.9 Å². The van der Waals surface area contributed by atoms with E-state index in [1.807, 2.05) is 17.0 Å². The quantitative estimate of drug-likeness (QED) is 0.621. The summed E-state index contributed by atoms with van der Waals surface area (Å²) in [6.45, 7) is 4.71. The summed E-state index contributed by atoms with van der Waals surface area (Å²) in [7, 11) is 0. The third kappa shape index (κ3) is 4.09. The molecule has 1 amide bonds. The van der Waals surface area contributed by atoms with E-state index in [2.05, 4.69) is 17.2 Å². The first-order valence-electron chi connectivity index (χ1n) is 10.2. The zero-order valence-electron chi connectivity index (χ0n) is 16.6. The summed E-state index contributed by atoms with van der Waals surface area (Å²) in [4.78, 5) is 30.4. The summed E-state index contributed by atoms with van der Waals surface area (Å²) in [6.07, 6.45) is 6.94. The van der Waals surface area contributed by atoms with Gasteiger partial charge in [-0.25, -0.2) is 9.97 Å². The van der Waals surface area contributed by atoms with Crippen molar-refractivity contribution in [2.24, 2.45) is 5.73 Å². The van der Waals surface area contributed by atoms with Gasteiger partial charge >= 0.3 is 0 Å². The number of nitrogens with zero attached hydrogens (tertiary/aromatic N) is 4. The molecule has 4 rings (SSSR count). The summed E-state index contributed by atoms with van der Waals surface area (Å²) in [5.74, 6) is 1.75. The molecule has 3 N–H and O–H groups in total. The van der Waals surface area contributed by atoms with Gasteiger partial charge in [-0.3, -0.25) is 9.78 Å². The number of nitrogens with one attached hydrogen (secondary N) is 1. The average molecular weight is 411 g/mol. The minimum absolute atomic E-state index is 0.250. The van der Waals surface area contributed by atoms with Crippen LogP contribution >= 0.6 is 11.3 Å². The van der Waals surface area contributed by atoms with Gasteiger partial charge in [0.1, 0.15) is 10.6 Å². The predicted octanol–water partition coefficient (Wildman–Crippen LogP) is 3.20. The van der Waals surface area contributed by atoms with Crippen LogP contribution in [-0.4, -0.2) is 45.4 Å². The van der Waals surface area contributed by atoms with Gasteiger partial charge in [0.15, 0.2) is 5.82 Å². The van der Waals surface area contributed by atoms with E-state index in [0.29, 0.717) is 31.9 Å². The molecule has 7 nitrogen and oxygen atoms in total. The number of anilines is 1. The fourth-order valence-corrected chi connectivity index (χ4v) is 4.88. The number of unbranched alkanes of at least 4 members (excludes halogenated alkanes) is 1. The van der Waals surface area contributed by atoms with E-state index in [1.165, 1.54) is 10.4 Å². The largest absolute Gasteiger partial charge is 0.368 e. The van der Waals surface area contributed by atoms with E-state index < -0.39 is 0 Å². The lowest BCUT2D eigenvalue weighted by Crippen LogP contribution is -2.35. The van der Waals surface area contributed by atoms with Gasteiger partial charge in [0.25, 0.3) is 0 Å². The Labute approximate surface area is 174 Å². The van der Waals surface area contributed by atoms with Gasteiger partial charge in [-0.1, -0.05) is 13.3 Å². The summed E-state index contributed by atoms with van der Waals surface area (Å²) >= 11 is 1.67. The molecule has 0 bridgehead atoms. The van der Waals surface area contributed by atoms with E-state index in [9.17, 15) is 4.79 Å². The van der Waals surface area contributed by atoms with E-state index >= 15 is 0 Å². The maximum atomic E-state index is 12.5. The van der Waals surface area contributed by atoms with E-state index in [1.54, 1.807) is 23.7 Å². The second-order valence-electron chi connectivity index (χ2n) is 7.20. The Hall–Kier alpha value is -2.58. The first-order valence-corrected chi connectivity index (χ1v) is 11.0. The average Bonchev–Trinajstić information content (AvgIpc) is 3.14. The maximum Gasteiger partial charge on any atom is 0.222 e. The number of hydrogen-bond acceptors (Lipinski definition) is 7. The van der Waals surface area contributed by atoms with Gasteiger partial charge in [0.2, 0.25) is 5.91 Å². The number of carbonyl (C=O) groups excluding carboxylic acids is 1. The van der Waals surface area contributed by atoms with Crippen molar-refractivity contribution in [1.82, 2.24) is 19.9 Å². The third-order valence-corrected chi connectivity index (χ3v) is 6.28. The zero-order chi connectivity index (χ0) is 20.2. The van der Waals surface area contributed by atoms with Crippen molar-refractivity contribution in [1.29, 1.82) is 0 Å². The molecule has 1 aliphatic heterocycles. The van der Waals surface area contributed by atoms with Gasteiger partial charge in [-0.05, 0) is 30.5 Å². The number of hydrogen-bond donors (Lipinski definition) is 2. The van der Waals surface area contributed by atoms with Crippen LogP contribution in [-0.2, 0) is 17.8 Å². The Bertz CT molecular complexity index is 1000. The number of rotatable bonds is 7. The van der Waals surface area contributed by atoms with Crippen molar-refractivity contribution in [3.8, 4) is 11.4 Å². The molecule has 1 aliphatic rings. The number of fused-ring (bicyclic) bond motifs is 3. The van der Waals surface area contributed by atoms with Gasteiger partial charge in [0, 0.05) is 48.9 Å². The topological polar surface area (TPSA) is 97.0 Å². The highest BCUT2D eigenvalue weighted by atomic mass is 32.1. The minimum atomic E-state index is 0.250. The fraction of sp³-hybridized carbons (Fsp3) is 0.429. The normalized spacial score (nSPS) is 13.5. The van der Waals surface area contributed by atoms with E-state index in [0.717, 1.165) is 47.4 Å². The summed E-state index contributed by atoms with van der Waals surface area (Å²) in [5.41, 5.74) is 7.92. The highest BCUT2D eigenvalue weighted by molar-refractivity contribution is 7.19. The highest BCUT2D eigenvalue weighted by Gasteiger charge is 2.26. The first-order chi connectivity index (χ1) is 14.2. The molecular formula is C21H26N6OS. The lowest BCUT2D eigenvalue weighted by atomic mass is 10.0. The lowest BCUT2D eigenvalue weighted by Gasteiger charge is -2.27. The van der Waals surface area contributed by atoms with Crippen molar-refractivity contribution < 1.29 is 4.79 Å². The Kier molecular flexibility index (Phi) is 6.01. The highest BCUT2D eigenvalue weighted by Crippen LogP contribution is 2.38. The predicted molar refractivity (Wildman–Crippen MR) is 117 cm³/mol. The molecule has 0 atom stereocenters. The molecule has 8 heteroatoms. The van der Waals surface area contributed by atoms with Crippen molar-refractivity contribution in [3.05, 3.63) is 35.0 Å². The van der Waals surface area contributed by atoms with Crippen molar-refractivity contribution in [2.75, 3.05) is 25.0 Å². The van der Waals surface area contributed by atoms with Crippen LogP contribution in [0.3, 0.4) is 0 Å². The number of amides is 1. The van der Waals surface area contributed by atoms with Crippen molar-refractivity contribution in [2.45, 2.75) is 39.2 Å².